The molecule has 0 aromatic heterocycles. The molecule has 2 heteroatoms. The lowest BCUT2D eigenvalue weighted by atomic mass is 9.65. The molecule has 0 fully saturated rings. The van der Waals surface area contributed by atoms with Gasteiger partial charge in [0.15, 0.2) is 0 Å². The molecule has 1 atom stereocenters. The van der Waals surface area contributed by atoms with Gasteiger partial charge in [-0.05, 0) is 47.7 Å². The minimum atomic E-state index is -0.0828. The third kappa shape index (κ3) is 7.99. The fourth-order valence-corrected chi connectivity index (χ4v) is 4.57. The van der Waals surface area contributed by atoms with E-state index < -0.39 is 0 Å². The van der Waals surface area contributed by atoms with Crippen molar-refractivity contribution in [3.05, 3.63) is 69.7 Å². The van der Waals surface area contributed by atoms with E-state index in [1.54, 1.807) is 0 Å². The molecule has 2 aromatic carbocycles. The Morgan fingerprint density at radius 1 is 0.724 bits per heavy atom. The van der Waals surface area contributed by atoms with E-state index in [1.165, 1.54) is 56.1 Å². The lowest BCUT2D eigenvalue weighted by Crippen LogP contribution is -2.33. The van der Waals surface area contributed by atoms with E-state index in [-0.39, 0.29) is 5.41 Å². The first-order valence-corrected chi connectivity index (χ1v) is 12.2. The number of halogens is 2. The van der Waals surface area contributed by atoms with Gasteiger partial charge in [-0.15, -0.1) is 0 Å². The van der Waals surface area contributed by atoms with Crippen molar-refractivity contribution in [3.63, 3.8) is 0 Å². The SMILES string of the molecule is CCCC(CC)C(C)(c1cccc(Cl)c1)c1cccc(Cl)c1.CCCCCCC. The third-order valence-electron chi connectivity index (χ3n) is 6.00. The van der Waals surface area contributed by atoms with Crippen LogP contribution in [-0.2, 0) is 5.41 Å². The highest BCUT2D eigenvalue weighted by atomic mass is 35.5. The van der Waals surface area contributed by atoms with E-state index in [2.05, 4.69) is 58.9 Å². The molecule has 0 saturated carbocycles. The summed E-state index contributed by atoms with van der Waals surface area (Å²) in [6, 6.07) is 16.5. The molecular formula is C27H40Cl2. The quantitative estimate of drug-likeness (QED) is 0.326. The monoisotopic (exact) mass is 434 g/mol. The van der Waals surface area contributed by atoms with Gasteiger partial charge in [0.2, 0.25) is 0 Å². The van der Waals surface area contributed by atoms with Crippen LogP contribution in [0.4, 0.5) is 0 Å². The molecule has 2 aromatic rings. The van der Waals surface area contributed by atoms with Crippen molar-refractivity contribution in [3.8, 4) is 0 Å². The lowest BCUT2D eigenvalue weighted by Gasteiger charge is -2.39. The standard InChI is InChI=1S/C20H24Cl2.C7H16/c1-4-8-15(5-2)20(3,16-9-6-11-18(21)13-16)17-10-7-12-19(22)14-17;1-3-5-7-6-4-2/h6-7,9-15H,4-5,8H2,1-3H3;3-7H2,1-2H3. The van der Waals surface area contributed by atoms with E-state index in [0.29, 0.717) is 5.92 Å². The molecular weight excluding hydrogens is 395 g/mol. The van der Waals surface area contributed by atoms with Gasteiger partial charge < -0.3 is 0 Å². The fraction of sp³-hybridized carbons (Fsp3) is 0.556. The molecule has 0 spiro atoms. The Balaban J connectivity index is 0.000000516. The first-order valence-electron chi connectivity index (χ1n) is 11.5. The molecule has 29 heavy (non-hydrogen) atoms. The molecule has 0 N–H and O–H groups in total. The van der Waals surface area contributed by atoms with Crippen LogP contribution in [0.1, 0.15) is 97.1 Å². The average molecular weight is 436 g/mol. The van der Waals surface area contributed by atoms with Gasteiger partial charge in [-0.3, -0.25) is 0 Å². The predicted octanol–water partition coefficient (Wildman–Crippen LogP) is 10.1. The zero-order valence-electron chi connectivity index (χ0n) is 19.1. The summed E-state index contributed by atoms with van der Waals surface area (Å²) in [5, 5.41) is 1.58. The maximum Gasteiger partial charge on any atom is 0.0409 e. The number of hydrogen-bond acceptors (Lipinski definition) is 0. The highest BCUT2D eigenvalue weighted by molar-refractivity contribution is 6.31. The minimum absolute atomic E-state index is 0.0828. The average Bonchev–Trinajstić information content (AvgIpc) is 2.72. The van der Waals surface area contributed by atoms with Crippen molar-refractivity contribution in [2.75, 3.05) is 0 Å². The molecule has 0 bridgehead atoms. The van der Waals surface area contributed by atoms with Crippen molar-refractivity contribution < 1.29 is 0 Å². The fourth-order valence-electron chi connectivity index (χ4n) is 4.19. The van der Waals surface area contributed by atoms with Crippen LogP contribution < -0.4 is 0 Å². The van der Waals surface area contributed by atoms with Gasteiger partial charge >= 0.3 is 0 Å². The second-order valence-corrected chi connectivity index (χ2v) is 9.05. The first kappa shape index (κ1) is 26.1. The molecule has 162 valence electrons. The van der Waals surface area contributed by atoms with E-state index in [9.17, 15) is 0 Å². The van der Waals surface area contributed by atoms with Crippen molar-refractivity contribution in [1.29, 1.82) is 0 Å². The highest BCUT2D eigenvalue weighted by Gasteiger charge is 2.36. The number of rotatable bonds is 10. The molecule has 1 unspecified atom stereocenters. The van der Waals surface area contributed by atoms with Crippen molar-refractivity contribution in [1.82, 2.24) is 0 Å². The van der Waals surface area contributed by atoms with Crippen LogP contribution in [0.25, 0.3) is 0 Å². The largest absolute Gasteiger partial charge is 0.0843 e. The Labute approximate surface area is 190 Å². The maximum atomic E-state index is 6.27. The van der Waals surface area contributed by atoms with Gasteiger partial charge in [-0.1, -0.05) is 127 Å². The summed E-state index contributed by atoms with van der Waals surface area (Å²) < 4.78 is 0. The predicted molar refractivity (Wildman–Crippen MR) is 132 cm³/mol. The van der Waals surface area contributed by atoms with E-state index in [0.717, 1.165) is 16.5 Å². The Morgan fingerprint density at radius 3 is 1.55 bits per heavy atom. The molecule has 0 radical (unpaired) electrons. The van der Waals surface area contributed by atoms with Gasteiger partial charge in [0, 0.05) is 15.5 Å². The molecule has 0 amide bonds. The lowest BCUT2D eigenvalue weighted by molar-refractivity contribution is 0.311. The number of benzene rings is 2. The van der Waals surface area contributed by atoms with Crippen LogP contribution >= 0.6 is 23.2 Å². The van der Waals surface area contributed by atoms with Crippen LogP contribution in [0, 0.1) is 5.92 Å². The molecule has 0 nitrogen and oxygen atoms in total. The maximum absolute atomic E-state index is 6.27. The van der Waals surface area contributed by atoms with Crippen LogP contribution in [0.3, 0.4) is 0 Å². The smallest absolute Gasteiger partial charge is 0.0409 e. The topological polar surface area (TPSA) is 0 Å². The summed E-state index contributed by atoms with van der Waals surface area (Å²) >= 11 is 12.5. The van der Waals surface area contributed by atoms with Gasteiger partial charge in [0.05, 0.1) is 0 Å². The molecule has 0 aliphatic carbocycles. The third-order valence-corrected chi connectivity index (χ3v) is 6.47. The summed E-state index contributed by atoms with van der Waals surface area (Å²) in [5.41, 5.74) is 2.45. The van der Waals surface area contributed by atoms with Crippen LogP contribution in [0.5, 0.6) is 0 Å². The summed E-state index contributed by atoms with van der Waals surface area (Å²) in [7, 11) is 0. The van der Waals surface area contributed by atoms with Crippen LogP contribution in [0.2, 0.25) is 10.0 Å². The second-order valence-electron chi connectivity index (χ2n) is 8.18. The summed E-state index contributed by atoms with van der Waals surface area (Å²) in [6.45, 7) is 11.3. The van der Waals surface area contributed by atoms with E-state index in [1.807, 2.05) is 24.3 Å². The Morgan fingerprint density at radius 2 is 1.21 bits per heavy atom. The van der Waals surface area contributed by atoms with Gasteiger partial charge in [-0.25, -0.2) is 0 Å². The molecule has 2 rings (SSSR count). The van der Waals surface area contributed by atoms with Crippen molar-refractivity contribution >= 4 is 23.2 Å². The van der Waals surface area contributed by atoms with Crippen LogP contribution in [0.15, 0.2) is 48.5 Å². The summed E-state index contributed by atoms with van der Waals surface area (Å²) in [5.74, 6) is 0.550. The minimum Gasteiger partial charge on any atom is -0.0843 e. The van der Waals surface area contributed by atoms with Crippen LogP contribution in [-0.4, -0.2) is 0 Å². The van der Waals surface area contributed by atoms with Crippen molar-refractivity contribution in [2.24, 2.45) is 5.92 Å². The second kappa shape index (κ2) is 14.1. The Hall–Kier alpha value is -0.980. The van der Waals surface area contributed by atoms with Gasteiger partial charge in [0.25, 0.3) is 0 Å². The molecule has 0 aliphatic rings. The molecule has 0 heterocycles. The van der Waals surface area contributed by atoms with Crippen molar-refractivity contribution in [2.45, 2.75) is 91.4 Å². The summed E-state index contributed by atoms with van der Waals surface area (Å²) in [6.07, 6.45) is 10.5. The number of unbranched alkanes of at least 4 members (excludes halogenated alkanes) is 4. The van der Waals surface area contributed by atoms with Gasteiger partial charge in [-0.2, -0.15) is 0 Å². The zero-order chi connectivity index (χ0) is 21.7. The molecule has 0 saturated heterocycles. The highest BCUT2D eigenvalue weighted by Crippen LogP contribution is 2.44. The van der Waals surface area contributed by atoms with Gasteiger partial charge in [0.1, 0.15) is 0 Å². The Kier molecular flexibility index (Phi) is 12.7. The first-order chi connectivity index (χ1) is 13.9. The Bertz CT molecular complexity index is 643. The normalized spacial score (nSPS) is 12.2. The molecule has 0 aliphatic heterocycles. The summed E-state index contributed by atoms with van der Waals surface area (Å²) in [4.78, 5) is 0. The van der Waals surface area contributed by atoms with E-state index in [4.69, 9.17) is 23.2 Å². The van der Waals surface area contributed by atoms with E-state index >= 15 is 0 Å². The number of hydrogen-bond donors (Lipinski definition) is 0. The zero-order valence-corrected chi connectivity index (χ0v) is 20.6.